The fraction of sp³-hybridized carbons (Fsp3) is 0.385. The lowest BCUT2D eigenvalue weighted by Crippen LogP contribution is -2.17. The highest BCUT2D eigenvalue weighted by atomic mass is 32.1. The molecule has 1 aliphatic rings. The van der Waals surface area contributed by atoms with Gasteiger partial charge >= 0.3 is 5.97 Å². The van der Waals surface area contributed by atoms with Gasteiger partial charge in [-0.25, -0.2) is 9.78 Å². The van der Waals surface area contributed by atoms with Gasteiger partial charge in [-0.2, -0.15) is 0 Å². The summed E-state index contributed by atoms with van der Waals surface area (Å²) in [6.07, 6.45) is 8.73. The van der Waals surface area contributed by atoms with E-state index in [-0.39, 0.29) is 0 Å². The highest BCUT2D eigenvalue weighted by molar-refractivity contribution is 7.14. The van der Waals surface area contributed by atoms with Crippen LogP contribution in [0.4, 0.5) is 0 Å². The highest BCUT2D eigenvalue weighted by Gasteiger charge is 2.23. The lowest BCUT2D eigenvalue weighted by molar-refractivity contribution is 0.0702. The average molecular weight is 262 g/mol. The van der Waals surface area contributed by atoms with Crippen LogP contribution in [-0.2, 0) is 19.4 Å². The Labute approximate surface area is 109 Å². The van der Waals surface area contributed by atoms with E-state index in [2.05, 4.69) is 9.55 Å². The topological polar surface area (TPSA) is 55.1 Å². The van der Waals surface area contributed by atoms with Gasteiger partial charge in [0.15, 0.2) is 0 Å². The number of aromatic carboxylic acids is 1. The summed E-state index contributed by atoms with van der Waals surface area (Å²) in [5.74, 6) is -0.215. The predicted octanol–water partition coefficient (Wildman–Crippen LogP) is 2.45. The molecule has 0 aliphatic heterocycles. The molecule has 2 heterocycles. The predicted molar refractivity (Wildman–Crippen MR) is 69.0 cm³/mol. The van der Waals surface area contributed by atoms with E-state index in [9.17, 15) is 4.79 Å². The van der Waals surface area contributed by atoms with E-state index in [1.807, 2.05) is 18.6 Å². The van der Waals surface area contributed by atoms with Gasteiger partial charge in [0, 0.05) is 23.8 Å². The first-order valence-corrected chi connectivity index (χ1v) is 6.84. The first-order valence-electron chi connectivity index (χ1n) is 6.03. The second kappa shape index (κ2) is 4.57. The van der Waals surface area contributed by atoms with Crippen molar-refractivity contribution < 1.29 is 9.90 Å². The Morgan fingerprint density at radius 3 is 3.22 bits per heavy atom. The largest absolute Gasteiger partial charge is 0.477 e. The number of carbonyl (C=O) groups is 1. The third-order valence-corrected chi connectivity index (χ3v) is 4.62. The van der Waals surface area contributed by atoms with Crippen molar-refractivity contribution in [3.8, 4) is 0 Å². The molecule has 0 fully saturated rings. The van der Waals surface area contributed by atoms with E-state index >= 15 is 0 Å². The molecule has 2 aromatic heterocycles. The zero-order valence-corrected chi connectivity index (χ0v) is 10.7. The number of aryl methyl sites for hydroxylation is 1. The van der Waals surface area contributed by atoms with Gasteiger partial charge < -0.3 is 9.67 Å². The third-order valence-electron chi connectivity index (χ3n) is 3.43. The second-order valence-electron chi connectivity index (χ2n) is 4.73. The molecule has 0 aromatic carbocycles. The van der Waals surface area contributed by atoms with Crippen molar-refractivity contribution in [2.45, 2.75) is 25.8 Å². The number of imidazole rings is 1. The summed E-state index contributed by atoms with van der Waals surface area (Å²) in [6.45, 7) is 0.972. The molecule has 0 saturated heterocycles. The molecular formula is C13H14N2O2S. The van der Waals surface area contributed by atoms with Crippen LogP contribution >= 0.6 is 11.3 Å². The number of nitrogens with zero attached hydrogens (tertiary/aromatic N) is 2. The van der Waals surface area contributed by atoms with Gasteiger partial charge in [-0.3, -0.25) is 0 Å². The van der Waals surface area contributed by atoms with E-state index in [0.717, 1.165) is 25.8 Å². The van der Waals surface area contributed by atoms with E-state index < -0.39 is 5.97 Å². The van der Waals surface area contributed by atoms with Crippen molar-refractivity contribution in [3.05, 3.63) is 40.1 Å². The third kappa shape index (κ3) is 2.18. The van der Waals surface area contributed by atoms with Gasteiger partial charge in [0.1, 0.15) is 4.88 Å². The summed E-state index contributed by atoms with van der Waals surface area (Å²) in [5, 5.41) is 9.01. The van der Waals surface area contributed by atoms with Crippen LogP contribution in [-0.4, -0.2) is 20.6 Å². The molecule has 3 rings (SSSR count). The standard InChI is InChI=1S/C13H14N2O2S/c16-13(17)12-6-10-2-1-9(5-11(10)18-12)7-15-4-3-14-8-15/h3-4,6,8-9H,1-2,5,7H2,(H,16,17). The Hall–Kier alpha value is -1.62. The molecule has 1 aliphatic carbocycles. The first kappa shape index (κ1) is 11.5. The Kier molecular flexibility index (Phi) is 2.91. The summed E-state index contributed by atoms with van der Waals surface area (Å²) < 4.78 is 2.10. The summed E-state index contributed by atoms with van der Waals surface area (Å²) in [6, 6.07) is 1.84. The number of thiophene rings is 1. The Balaban J connectivity index is 1.74. The summed E-state index contributed by atoms with van der Waals surface area (Å²) >= 11 is 1.44. The summed E-state index contributed by atoms with van der Waals surface area (Å²) in [7, 11) is 0. The molecule has 0 bridgehead atoms. The number of hydrogen-bond acceptors (Lipinski definition) is 3. The highest BCUT2D eigenvalue weighted by Crippen LogP contribution is 2.33. The maximum atomic E-state index is 11.0. The zero-order chi connectivity index (χ0) is 12.5. The Morgan fingerprint density at radius 2 is 2.50 bits per heavy atom. The molecule has 18 heavy (non-hydrogen) atoms. The molecule has 0 radical (unpaired) electrons. The fourth-order valence-electron chi connectivity index (χ4n) is 2.53. The van der Waals surface area contributed by atoms with Gasteiger partial charge in [0.25, 0.3) is 0 Å². The van der Waals surface area contributed by atoms with E-state index in [1.165, 1.54) is 21.8 Å². The van der Waals surface area contributed by atoms with Gasteiger partial charge in [-0.15, -0.1) is 11.3 Å². The second-order valence-corrected chi connectivity index (χ2v) is 5.87. The fourth-order valence-corrected chi connectivity index (χ4v) is 3.69. The summed E-state index contributed by atoms with van der Waals surface area (Å²) in [4.78, 5) is 16.7. The van der Waals surface area contributed by atoms with Crippen molar-refractivity contribution >= 4 is 17.3 Å². The maximum Gasteiger partial charge on any atom is 0.345 e. The van der Waals surface area contributed by atoms with Crippen LogP contribution in [0.5, 0.6) is 0 Å². The molecule has 4 nitrogen and oxygen atoms in total. The van der Waals surface area contributed by atoms with Crippen molar-refractivity contribution in [2.24, 2.45) is 5.92 Å². The minimum atomic E-state index is -0.805. The van der Waals surface area contributed by atoms with Crippen LogP contribution in [0.3, 0.4) is 0 Å². The SMILES string of the molecule is O=C(O)c1cc2c(s1)CC(Cn1ccnc1)CC2. The number of rotatable bonds is 3. The monoisotopic (exact) mass is 262 g/mol. The van der Waals surface area contributed by atoms with Crippen LogP contribution in [0.25, 0.3) is 0 Å². The van der Waals surface area contributed by atoms with Crippen molar-refractivity contribution in [1.82, 2.24) is 9.55 Å². The Bertz CT molecular complexity index is 560. The normalized spacial score (nSPS) is 18.6. The molecule has 0 amide bonds. The number of aromatic nitrogens is 2. The lowest BCUT2D eigenvalue weighted by atomic mass is 9.89. The maximum absolute atomic E-state index is 11.0. The van der Waals surface area contributed by atoms with Crippen LogP contribution in [0, 0.1) is 5.92 Å². The summed E-state index contributed by atoms with van der Waals surface area (Å²) in [5.41, 5.74) is 1.24. The van der Waals surface area contributed by atoms with Crippen LogP contribution < -0.4 is 0 Å². The minimum Gasteiger partial charge on any atom is -0.477 e. The molecule has 2 aromatic rings. The molecule has 1 N–H and O–H groups in total. The molecule has 0 saturated carbocycles. The molecular weight excluding hydrogens is 248 g/mol. The van der Waals surface area contributed by atoms with E-state index in [0.29, 0.717) is 10.8 Å². The first-order chi connectivity index (χ1) is 8.72. The molecule has 94 valence electrons. The lowest BCUT2D eigenvalue weighted by Gasteiger charge is -2.22. The van der Waals surface area contributed by atoms with Crippen LogP contribution in [0.1, 0.15) is 26.5 Å². The molecule has 5 heteroatoms. The molecule has 1 unspecified atom stereocenters. The number of carboxylic acids is 1. The van der Waals surface area contributed by atoms with Crippen molar-refractivity contribution in [3.63, 3.8) is 0 Å². The average Bonchev–Trinajstić information content (AvgIpc) is 2.96. The van der Waals surface area contributed by atoms with Gasteiger partial charge in [-0.1, -0.05) is 0 Å². The number of fused-ring (bicyclic) bond motifs is 1. The molecule has 1 atom stereocenters. The Morgan fingerprint density at radius 1 is 1.61 bits per heavy atom. The van der Waals surface area contributed by atoms with Gasteiger partial charge in [0.2, 0.25) is 0 Å². The van der Waals surface area contributed by atoms with Crippen LogP contribution in [0.15, 0.2) is 24.8 Å². The zero-order valence-electron chi connectivity index (χ0n) is 9.87. The van der Waals surface area contributed by atoms with E-state index in [1.54, 1.807) is 6.20 Å². The van der Waals surface area contributed by atoms with Crippen molar-refractivity contribution in [2.75, 3.05) is 0 Å². The van der Waals surface area contributed by atoms with E-state index in [4.69, 9.17) is 5.11 Å². The number of carboxylic acid groups (broad SMARTS) is 1. The van der Waals surface area contributed by atoms with Gasteiger partial charge in [-0.05, 0) is 36.8 Å². The minimum absolute atomic E-state index is 0.475. The quantitative estimate of drug-likeness (QED) is 0.924. The smallest absolute Gasteiger partial charge is 0.345 e. The molecule has 0 spiro atoms. The van der Waals surface area contributed by atoms with Gasteiger partial charge in [0.05, 0.1) is 6.33 Å². The number of hydrogen-bond donors (Lipinski definition) is 1. The van der Waals surface area contributed by atoms with Crippen molar-refractivity contribution in [1.29, 1.82) is 0 Å². The van der Waals surface area contributed by atoms with Crippen LogP contribution in [0.2, 0.25) is 0 Å².